The monoisotopic (exact) mass is 945 g/mol. The third kappa shape index (κ3) is 9.45. The normalized spacial score (nSPS) is 13.1. The number of fused-ring (bicyclic) bond motifs is 6. The van der Waals surface area contributed by atoms with Crippen molar-refractivity contribution in [3.8, 4) is 11.1 Å². The first kappa shape index (κ1) is 47.8. The van der Waals surface area contributed by atoms with Gasteiger partial charge < -0.3 is 14.7 Å². The van der Waals surface area contributed by atoms with Crippen LogP contribution in [0.1, 0.15) is 105 Å². The molecule has 3 nitrogen and oxygen atoms in total. The Morgan fingerprint density at radius 2 is 0.915 bits per heavy atom. The molecule has 71 heavy (non-hydrogen) atoms. The number of para-hydroxylation sites is 1. The van der Waals surface area contributed by atoms with E-state index in [1.165, 1.54) is 53.9 Å². The maximum Gasteiger partial charge on any atom is 0.210 e. The minimum absolute atomic E-state index is 0.00558. The van der Waals surface area contributed by atoms with Crippen molar-refractivity contribution in [2.24, 2.45) is 0 Å². The summed E-state index contributed by atoms with van der Waals surface area (Å²) in [4.78, 5) is 7.44. The lowest BCUT2D eigenvalue weighted by molar-refractivity contribution is 0.590. The molecule has 1 aliphatic rings. The molecule has 1 aliphatic heterocycles. The molecule has 9 aromatic rings. The molecule has 0 spiro atoms. The molecule has 0 amide bonds. The van der Waals surface area contributed by atoms with Crippen LogP contribution in [0.5, 0.6) is 0 Å². The Morgan fingerprint density at radius 3 is 1.51 bits per heavy atom. The number of thiophene rings is 1. The van der Waals surface area contributed by atoms with Gasteiger partial charge in [0.15, 0.2) is 0 Å². The van der Waals surface area contributed by atoms with Crippen LogP contribution in [0.15, 0.2) is 188 Å². The molecule has 0 unspecified atom stereocenters. The highest BCUT2D eigenvalue weighted by Crippen LogP contribution is 2.48. The maximum absolute atomic E-state index is 2.51. The highest BCUT2D eigenvalue weighted by molar-refractivity contribution is 7.29. The Kier molecular flexibility index (Phi) is 12.2. The van der Waals surface area contributed by atoms with Crippen LogP contribution in [-0.2, 0) is 21.7 Å². The van der Waals surface area contributed by atoms with Crippen LogP contribution in [0.4, 0.5) is 51.2 Å². The zero-order chi connectivity index (χ0) is 50.0. The van der Waals surface area contributed by atoms with Crippen LogP contribution < -0.4 is 24.9 Å². The molecule has 1 radical (unpaired) electrons. The van der Waals surface area contributed by atoms with E-state index in [9.17, 15) is 0 Å². The van der Waals surface area contributed by atoms with Gasteiger partial charge in [-0.15, -0.1) is 11.3 Å². The van der Waals surface area contributed by atoms with Crippen molar-refractivity contribution in [2.45, 2.75) is 105 Å². The molecule has 0 N–H and O–H groups in total. The van der Waals surface area contributed by atoms with E-state index in [1.54, 1.807) is 0 Å². The lowest BCUT2D eigenvalue weighted by atomic mass is 9.66. The van der Waals surface area contributed by atoms with Crippen molar-refractivity contribution < 1.29 is 0 Å². The predicted octanol–water partition coefficient (Wildman–Crippen LogP) is 18.1. The zero-order valence-electron chi connectivity index (χ0n) is 43.7. The summed E-state index contributed by atoms with van der Waals surface area (Å²) in [5.74, 6) is 0. The molecular weight excluding hydrogens is 878 g/mol. The van der Waals surface area contributed by atoms with Crippen LogP contribution in [0, 0.1) is 0 Å². The quantitative estimate of drug-likeness (QED) is 0.154. The fourth-order valence-corrected chi connectivity index (χ4v) is 11.0. The molecule has 0 saturated carbocycles. The number of rotatable bonds is 6. The first-order chi connectivity index (χ1) is 33.7. The van der Waals surface area contributed by atoms with Crippen molar-refractivity contribution in [2.75, 3.05) is 14.7 Å². The summed E-state index contributed by atoms with van der Waals surface area (Å²) < 4.78 is 2.47. The Morgan fingerprint density at radius 1 is 0.408 bits per heavy atom. The van der Waals surface area contributed by atoms with E-state index in [-0.39, 0.29) is 21.7 Å². The number of anilines is 9. The standard InChI is InChI=1S/C66H67BN3S/c1-63(2,3)45-25-32-49(33-26-45)68(58-24-17-16-23-55(58)44-19-14-13-15-20-44)54-38-39-57-59(43-54)69(50-34-27-46(28-35-50)64(4,5)6)52-21-18-22-53(42-52)70(51-36-29-47(30-37-51)65(7,8)9)61-56-41-48(66(10,11)12)31-40-60(56)71-62(61)67-57/h13-43H,1-12H3. The smallest absolute Gasteiger partial charge is 0.210 e. The van der Waals surface area contributed by atoms with E-state index in [0.717, 1.165) is 51.0 Å². The van der Waals surface area contributed by atoms with E-state index < -0.39 is 0 Å². The van der Waals surface area contributed by atoms with E-state index in [1.807, 2.05) is 11.3 Å². The number of nitrogens with zero attached hydrogens (tertiary/aromatic N) is 3. The van der Waals surface area contributed by atoms with E-state index >= 15 is 0 Å². The second kappa shape index (κ2) is 18.1. The summed E-state index contributed by atoms with van der Waals surface area (Å²) in [6, 6.07) is 70.7. The van der Waals surface area contributed by atoms with Crippen LogP contribution in [0.25, 0.3) is 21.2 Å². The van der Waals surface area contributed by atoms with E-state index in [2.05, 4.69) is 293 Å². The molecular formula is C66H67BN3S. The largest absolute Gasteiger partial charge is 0.311 e. The summed E-state index contributed by atoms with van der Waals surface area (Å²) in [6.45, 7) is 27.5. The first-order valence-electron chi connectivity index (χ1n) is 25.2. The SMILES string of the molecule is CC(C)(C)c1ccc(N2c3cccc(c3)N(c3ccc(C(C)(C)C)cc3)c3c(sc4ccc(C(C)(C)C)cc34)[B]c3ccc(N(c4ccc(C(C)(C)C)cc4)c4ccccc4-c4ccccc4)cc32)cc1. The molecule has 0 aliphatic carbocycles. The summed E-state index contributed by atoms with van der Waals surface area (Å²) >= 11 is 1.88. The summed E-state index contributed by atoms with van der Waals surface area (Å²) in [5, 5.41) is 1.26. The third-order valence-corrected chi connectivity index (χ3v) is 15.2. The summed E-state index contributed by atoms with van der Waals surface area (Å²) in [7, 11) is 2.45. The topological polar surface area (TPSA) is 9.72 Å². The molecule has 8 aromatic carbocycles. The fraction of sp³-hybridized carbons (Fsp3) is 0.242. The van der Waals surface area contributed by atoms with Gasteiger partial charge in [0.1, 0.15) is 0 Å². The molecule has 1 aromatic heterocycles. The van der Waals surface area contributed by atoms with Crippen molar-refractivity contribution in [3.63, 3.8) is 0 Å². The van der Waals surface area contributed by atoms with Crippen molar-refractivity contribution >= 4 is 90.1 Å². The summed E-state index contributed by atoms with van der Waals surface area (Å²) in [5.41, 5.74) is 18.7. The van der Waals surface area contributed by atoms with Gasteiger partial charge in [-0.1, -0.05) is 192 Å². The Balaban J connectivity index is 1.26. The first-order valence-corrected chi connectivity index (χ1v) is 26.1. The second-order valence-electron chi connectivity index (χ2n) is 23.5. The van der Waals surface area contributed by atoms with Gasteiger partial charge >= 0.3 is 0 Å². The number of benzene rings is 8. The van der Waals surface area contributed by atoms with Crippen molar-refractivity contribution in [3.05, 3.63) is 210 Å². The molecule has 10 rings (SSSR count). The van der Waals surface area contributed by atoms with Crippen molar-refractivity contribution in [1.29, 1.82) is 0 Å². The lowest BCUT2D eigenvalue weighted by Gasteiger charge is -2.34. The number of hydrogen-bond donors (Lipinski definition) is 0. The maximum atomic E-state index is 2.51. The van der Waals surface area contributed by atoms with Gasteiger partial charge in [0.2, 0.25) is 7.28 Å². The van der Waals surface area contributed by atoms with Crippen LogP contribution in [0.3, 0.4) is 0 Å². The average molecular weight is 945 g/mol. The number of hydrogen-bond acceptors (Lipinski definition) is 4. The Labute approximate surface area is 428 Å². The minimum atomic E-state index is -0.0219. The zero-order valence-corrected chi connectivity index (χ0v) is 44.5. The minimum Gasteiger partial charge on any atom is -0.311 e. The molecule has 2 heterocycles. The van der Waals surface area contributed by atoms with E-state index in [0.29, 0.717) is 0 Å². The highest BCUT2D eigenvalue weighted by atomic mass is 32.1. The average Bonchev–Trinajstić information content (AvgIpc) is 3.69. The molecule has 2 bridgehead atoms. The molecule has 5 heteroatoms. The Hall–Kier alpha value is -6.82. The molecule has 0 saturated heterocycles. The van der Waals surface area contributed by atoms with Gasteiger partial charge in [-0.3, -0.25) is 0 Å². The van der Waals surface area contributed by atoms with Crippen LogP contribution >= 0.6 is 11.3 Å². The molecule has 0 fully saturated rings. The Bertz CT molecular complexity index is 3360. The molecule has 355 valence electrons. The van der Waals surface area contributed by atoms with Gasteiger partial charge in [-0.25, -0.2) is 0 Å². The van der Waals surface area contributed by atoms with E-state index in [4.69, 9.17) is 0 Å². The lowest BCUT2D eigenvalue weighted by Crippen LogP contribution is -2.33. The summed E-state index contributed by atoms with van der Waals surface area (Å²) in [6.07, 6.45) is 0. The fourth-order valence-electron chi connectivity index (χ4n) is 9.92. The van der Waals surface area contributed by atoms with Gasteiger partial charge in [-0.2, -0.15) is 0 Å². The van der Waals surface area contributed by atoms with Crippen LogP contribution in [-0.4, -0.2) is 7.28 Å². The van der Waals surface area contributed by atoms with Gasteiger partial charge in [0, 0.05) is 55.5 Å². The van der Waals surface area contributed by atoms with Gasteiger partial charge in [0.25, 0.3) is 0 Å². The van der Waals surface area contributed by atoms with Gasteiger partial charge in [-0.05, 0) is 139 Å². The van der Waals surface area contributed by atoms with Gasteiger partial charge in [0.05, 0.1) is 11.4 Å². The van der Waals surface area contributed by atoms with Crippen molar-refractivity contribution in [1.82, 2.24) is 0 Å². The third-order valence-electron chi connectivity index (χ3n) is 14.1. The second-order valence-corrected chi connectivity index (χ2v) is 24.5. The molecule has 0 atom stereocenters. The van der Waals surface area contributed by atoms with Crippen LogP contribution in [0.2, 0.25) is 0 Å². The predicted molar refractivity (Wildman–Crippen MR) is 311 cm³/mol. The highest BCUT2D eigenvalue weighted by Gasteiger charge is 2.30.